The first-order chi connectivity index (χ1) is 20.6. The molecular formula is C31H28Cl2F3N3O5. The van der Waals surface area contributed by atoms with Gasteiger partial charge in [0.05, 0.1) is 17.7 Å². The number of rotatable bonds is 10. The summed E-state index contributed by atoms with van der Waals surface area (Å²) >= 11 is 12.3. The largest absolute Gasteiger partial charge is 0.573 e. The number of carbonyl (C=O) groups excluding carboxylic acids is 2. The molecule has 0 unspecified atom stereocenters. The highest BCUT2D eigenvalue weighted by Crippen LogP contribution is 2.34. The van der Waals surface area contributed by atoms with Gasteiger partial charge in [0.2, 0.25) is 5.88 Å². The Kier molecular flexibility index (Phi) is 10.1. The first kappa shape index (κ1) is 32.7. The number of amides is 1. The van der Waals surface area contributed by atoms with Crippen LogP contribution in [0.25, 0.3) is 16.8 Å². The lowest BCUT2D eigenvalue weighted by Gasteiger charge is -2.19. The van der Waals surface area contributed by atoms with Gasteiger partial charge in [0.15, 0.2) is 0 Å². The molecule has 0 saturated carbocycles. The summed E-state index contributed by atoms with van der Waals surface area (Å²) in [4.78, 5) is 24.3. The molecule has 0 aliphatic rings. The number of benzene rings is 3. The molecule has 232 valence electrons. The van der Waals surface area contributed by atoms with Gasteiger partial charge in [-0.2, -0.15) is 0 Å². The highest BCUT2D eigenvalue weighted by atomic mass is 35.5. The van der Waals surface area contributed by atoms with Gasteiger partial charge in [0.25, 0.3) is 5.91 Å². The SMILES string of the molecule is CC(C)(C)OC(=O)CCNC(=O)c1ccc(COc2nn(-c3cc(Cl)cc(Cl)c3)cc2-c2ccc(OC(F)(F)F)cc2)cc1. The third-order valence-electron chi connectivity index (χ3n) is 5.82. The van der Waals surface area contributed by atoms with Crippen LogP contribution >= 0.6 is 23.2 Å². The smallest absolute Gasteiger partial charge is 0.471 e. The van der Waals surface area contributed by atoms with Crippen LogP contribution < -0.4 is 14.8 Å². The molecule has 1 amide bonds. The maximum atomic E-state index is 12.6. The van der Waals surface area contributed by atoms with Gasteiger partial charge in [-0.15, -0.1) is 18.3 Å². The van der Waals surface area contributed by atoms with Crippen LogP contribution in [0.5, 0.6) is 11.6 Å². The second kappa shape index (κ2) is 13.6. The van der Waals surface area contributed by atoms with Crippen molar-refractivity contribution in [1.82, 2.24) is 15.1 Å². The maximum Gasteiger partial charge on any atom is 0.573 e. The Hall–Kier alpha value is -4.22. The number of hydrogen-bond donors (Lipinski definition) is 1. The van der Waals surface area contributed by atoms with Gasteiger partial charge in [-0.1, -0.05) is 47.5 Å². The number of carbonyl (C=O) groups is 2. The van der Waals surface area contributed by atoms with Gasteiger partial charge < -0.3 is 19.5 Å². The summed E-state index contributed by atoms with van der Waals surface area (Å²) in [6.07, 6.45) is -3.13. The zero-order valence-electron chi connectivity index (χ0n) is 23.9. The molecule has 3 aromatic carbocycles. The molecule has 0 aliphatic heterocycles. The number of nitrogens with one attached hydrogen (secondary N) is 1. The normalized spacial score (nSPS) is 11.6. The van der Waals surface area contributed by atoms with E-state index in [1.807, 2.05) is 0 Å². The van der Waals surface area contributed by atoms with Crippen molar-refractivity contribution in [3.63, 3.8) is 0 Å². The van der Waals surface area contributed by atoms with E-state index in [9.17, 15) is 22.8 Å². The van der Waals surface area contributed by atoms with E-state index in [1.54, 1.807) is 69.4 Å². The van der Waals surface area contributed by atoms with Gasteiger partial charge in [0, 0.05) is 28.4 Å². The first-order valence-electron chi connectivity index (χ1n) is 13.3. The molecule has 13 heteroatoms. The van der Waals surface area contributed by atoms with Crippen LogP contribution in [0.15, 0.2) is 72.9 Å². The summed E-state index contributed by atoms with van der Waals surface area (Å²) in [5, 5.41) is 7.97. The lowest BCUT2D eigenvalue weighted by Crippen LogP contribution is -2.29. The van der Waals surface area contributed by atoms with E-state index in [4.69, 9.17) is 32.7 Å². The fraction of sp³-hybridized carbons (Fsp3) is 0.258. The molecule has 4 rings (SSSR count). The van der Waals surface area contributed by atoms with Gasteiger partial charge in [-0.05, 0) is 74.4 Å². The highest BCUT2D eigenvalue weighted by molar-refractivity contribution is 6.34. The van der Waals surface area contributed by atoms with E-state index in [-0.39, 0.29) is 37.1 Å². The molecule has 0 saturated heterocycles. The van der Waals surface area contributed by atoms with E-state index < -0.39 is 17.9 Å². The standard InChI is InChI=1S/C31H28Cl2F3N3O5/c1-30(2,3)44-27(40)12-13-37-28(41)21-6-4-19(5-7-21)18-42-29-26(20-8-10-25(11-9-20)43-31(34,35)36)17-39(38-29)24-15-22(32)14-23(33)16-24/h4-11,14-17H,12-13,18H2,1-3H3,(H,37,41). The molecule has 44 heavy (non-hydrogen) atoms. The molecule has 0 spiro atoms. The molecular weight excluding hydrogens is 622 g/mol. The molecule has 4 aromatic rings. The maximum absolute atomic E-state index is 12.6. The van der Waals surface area contributed by atoms with Crippen LogP contribution in [0, 0.1) is 0 Å². The van der Waals surface area contributed by atoms with Crippen LogP contribution in [0.4, 0.5) is 13.2 Å². The minimum Gasteiger partial charge on any atom is -0.471 e. The fourth-order valence-corrected chi connectivity index (χ4v) is 4.49. The number of ether oxygens (including phenoxy) is 3. The van der Waals surface area contributed by atoms with E-state index in [2.05, 4.69) is 15.2 Å². The summed E-state index contributed by atoms with van der Waals surface area (Å²) in [5.74, 6) is -0.933. The average molecular weight is 650 g/mol. The molecule has 1 heterocycles. The van der Waals surface area contributed by atoms with E-state index >= 15 is 0 Å². The predicted octanol–water partition coefficient (Wildman–Crippen LogP) is 7.79. The number of hydrogen-bond acceptors (Lipinski definition) is 6. The van der Waals surface area contributed by atoms with Gasteiger partial charge in [0.1, 0.15) is 18.0 Å². The van der Waals surface area contributed by atoms with Gasteiger partial charge in [-0.3, -0.25) is 9.59 Å². The lowest BCUT2D eigenvalue weighted by molar-refractivity contribution is -0.274. The molecule has 1 aromatic heterocycles. The highest BCUT2D eigenvalue weighted by Gasteiger charge is 2.31. The Morgan fingerprint density at radius 3 is 2.16 bits per heavy atom. The van der Waals surface area contributed by atoms with Crippen LogP contribution in [0.1, 0.15) is 43.1 Å². The Morgan fingerprint density at radius 2 is 1.57 bits per heavy atom. The third-order valence-corrected chi connectivity index (χ3v) is 6.25. The molecule has 8 nitrogen and oxygen atoms in total. The van der Waals surface area contributed by atoms with Gasteiger partial charge in [-0.25, -0.2) is 4.68 Å². The molecule has 0 atom stereocenters. The van der Waals surface area contributed by atoms with E-state index in [0.717, 1.165) is 5.56 Å². The number of aromatic nitrogens is 2. The summed E-state index contributed by atoms with van der Waals surface area (Å²) in [7, 11) is 0. The Balaban J connectivity index is 1.47. The van der Waals surface area contributed by atoms with Gasteiger partial charge >= 0.3 is 12.3 Å². The molecule has 1 N–H and O–H groups in total. The Bertz CT molecular complexity index is 1600. The first-order valence-corrected chi connectivity index (χ1v) is 14.0. The van der Waals surface area contributed by atoms with Crippen molar-refractivity contribution in [3.8, 4) is 28.4 Å². The predicted molar refractivity (Wildman–Crippen MR) is 159 cm³/mol. The molecule has 0 fully saturated rings. The van der Waals surface area contributed by atoms with Crippen molar-refractivity contribution in [3.05, 3.63) is 94.1 Å². The van der Waals surface area contributed by atoms with Crippen molar-refractivity contribution >= 4 is 35.1 Å². The number of nitrogens with zero attached hydrogens (tertiary/aromatic N) is 2. The molecule has 0 radical (unpaired) electrons. The second-order valence-corrected chi connectivity index (χ2v) is 11.4. The van der Waals surface area contributed by atoms with Crippen LogP contribution in [0.2, 0.25) is 10.0 Å². The number of esters is 1. The summed E-state index contributed by atoms with van der Waals surface area (Å²) in [6.45, 7) is 5.50. The number of halogens is 5. The van der Waals surface area contributed by atoms with Crippen molar-refractivity contribution in [2.75, 3.05) is 6.54 Å². The van der Waals surface area contributed by atoms with Crippen molar-refractivity contribution in [2.45, 2.75) is 45.8 Å². The summed E-state index contributed by atoms with van der Waals surface area (Å²) in [5.41, 5.74) is 2.06. The zero-order chi connectivity index (χ0) is 32.1. The zero-order valence-corrected chi connectivity index (χ0v) is 25.4. The second-order valence-electron chi connectivity index (χ2n) is 10.6. The number of alkyl halides is 3. The Labute approximate surface area is 261 Å². The van der Waals surface area contributed by atoms with Crippen molar-refractivity contribution in [2.24, 2.45) is 0 Å². The van der Waals surface area contributed by atoms with Crippen molar-refractivity contribution in [1.29, 1.82) is 0 Å². The molecule has 0 aliphatic carbocycles. The third kappa shape index (κ3) is 9.65. The summed E-state index contributed by atoms with van der Waals surface area (Å²) in [6, 6.07) is 16.8. The lowest BCUT2D eigenvalue weighted by atomic mass is 10.1. The van der Waals surface area contributed by atoms with Crippen LogP contribution in [-0.2, 0) is 16.1 Å². The van der Waals surface area contributed by atoms with E-state index in [0.29, 0.717) is 32.4 Å². The van der Waals surface area contributed by atoms with Crippen LogP contribution in [0.3, 0.4) is 0 Å². The minimum atomic E-state index is -4.82. The van der Waals surface area contributed by atoms with Crippen LogP contribution in [-0.4, -0.2) is 40.2 Å². The monoisotopic (exact) mass is 649 g/mol. The minimum absolute atomic E-state index is 0.0450. The van der Waals surface area contributed by atoms with E-state index in [1.165, 1.54) is 28.9 Å². The average Bonchev–Trinajstić information content (AvgIpc) is 3.34. The van der Waals surface area contributed by atoms with Crippen molar-refractivity contribution < 1.29 is 37.0 Å². The Morgan fingerprint density at radius 1 is 0.932 bits per heavy atom. The topological polar surface area (TPSA) is 91.7 Å². The summed E-state index contributed by atoms with van der Waals surface area (Å²) < 4.78 is 54.6. The molecule has 0 bridgehead atoms. The quantitative estimate of drug-likeness (QED) is 0.176. The fourth-order valence-electron chi connectivity index (χ4n) is 3.98.